The summed E-state index contributed by atoms with van der Waals surface area (Å²) in [6.07, 6.45) is 7.18. The highest BCUT2D eigenvalue weighted by Gasteiger charge is 2.50. The average Bonchev–Trinajstić information content (AvgIpc) is 3.21. The second-order valence-corrected chi connectivity index (χ2v) is 7.08. The van der Waals surface area contributed by atoms with Gasteiger partial charge >= 0.3 is 0 Å². The van der Waals surface area contributed by atoms with Crippen LogP contribution in [0.5, 0.6) is 0 Å². The molecule has 1 N–H and O–H groups in total. The smallest absolute Gasteiger partial charge is 0.0676 e. The van der Waals surface area contributed by atoms with E-state index in [1.807, 2.05) is 6.20 Å². The Hall–Kier alpha value is -0.450. The van der Waals surface area contributed by atoms with Crippen molar-refractivity contribution in [3.05, 3.63) is 28.5 Å². The number of nitrogens with one attached hydrogen (secondary N) is 1. The number of halogens is 1. The standard InChI is InChI=1S/C16H23BrN2O/c1-2-18-11-16(7-8-20-15(16)12-3-4-12)9-14-6-5-13(17)10-19-14/h5-6,10,12,15,18H,2-4,7-9,11H2,1H3. The Morgan fingerprint density at radius 3 is 2.95 bits per heavy atom. The molecule has 0 radical (unpaired) electrons. The Morgan fingerprint density at radius 1 is 1.45 bits per heavy atom. The summed E-state index contributed by atoms with van der Waals surface area (Å²) in [6, 6.07) is 4.23. The van der Waals surface area contributed by atoms with Crippen LogP contribution < -0.4 is 5.32 Å². The maximum atomic E-state index is 6.11. The van der Waals surface area contributed by atoms with Gasteiger partial charge in [-0.25, -0.2) is 0 Å². The predicted molar refractivity (Wildman–Crippen MR) is 83.7 cm³/mol. The molecular formula is C16H23BrN2O. The van der Waals surface area contributed by atoms with E-state index in [0.29, 0.717) is 6.10 Å². The van der Waals surface area contributed by atoms with Crippen molar-refractivity contribution in [2.24, 2.45) is 11.3 Å². The molecule has 110 valence electrons. The molecule has 1 aromatic heterocycles. The fraction of sp³-hybridized carbons (Fsp3) is 0.688. The van der Waals surface area contributed by atoms with Gasteiger partial charge in [0.2, 0.25) is 0 Å². The molecule has 2 atom stereocenters. The quantitative estimate of drug-likeness (QED) is 0.864. The lowest BCUT2D eigenvalue weighted by molar-refractivity contribution is 0.0304. The lowest BCUT2D eigenvalue weighted by atomic mass is 9.75. The van der Waals surface area contributed by atoms with Crippen molar-refractivity contribution in [2.75, 3.05) is 19.7 Å². The van der Waals surface area contributed by atoms with Crippen LogP contribution in [0.3, 0.4) is 0 Å². The highest BCUT2D eigenvalue weighted by atomic mass is 79.9. The second kappa shape index (κ2) is 6.12. The molecular weight excluding hydrogens is 316 g/mol. The molecule has 0 spiro atoms. The summed E-state index contributed by atoms with van der Waals surface area (Å²) >= 11 is 3.46. The minimum absolute atomic E-state index is 0.234. The highest BCUT2D eigenvalue weighted by Crippen LogP contribution is 2.49. The van der Waals surface area contributed by atoms with E-state index in [0.717, 1.165) is 42.9 Å². The number of nitrogens with zero attached hydrogens (tertiary/aromatic N) is 1. The first kappa shape index (κ1) is 14.5. The molecule has 1 saturated carbocycles. The van der Waals surface area contributed by atoms with E-state index in [9.17, 15) is 0 Å². The number of ether oxygens (including phenoxy) is 1. The number of aromatic nitrogens is 1. The molecule has 2 aliphatic rings. The van der Waals surface area contributed by atoms with E-state index in [2.05, 4.69) is 45.3 Å². The van der Waals surface area contributed by atoms with Gasteiger partial charge < -0.3 is 10.1 Å². The molecule has 4 heteroatoms. The third kappa shape index (κ3) is 3.07. The van der Waals surface area contributed by atoms with Crippen LogP contribution in [0.25, 0.3) is 0 Å². The predicted octanol–water partition coefficient (Wildman–Crippen LogP) is 3.18. The molecule has 20 heavy (non-hydrogen) atoms. The van der Waals surface area contributed by atoms with Gasteiger partial charge in [0.05, 0.1) is 6.10 Å². The number of pyridine rings is 1. The van der Waals surface area contributed by atoms with Crippen molar-refractivity contribution in [2.45, 2.75) is 38.7 Å². The minimum atomic E-state index is 0.234. The Kier molecular flexibility index (Phi) is 4.43. The van der Waals surface area contributed by atoms with Gasteiger partial charge in [-0.2, -0.15) is 0 Å². The lowest BCUT2D eigenvalue weighted by Gasteiger charge is -2.34. The molecule has 2 heterocycles. The van der Waals surface area contributed by atoms with E-state index in [4.69, 9.17) is 4.74 Å². The first-order chi connectivity index (χ1) is 9.73. The number of hydrogen-bond acceptors (Lipinski definition) is 3. The Balaban J connectivity index is 1.79. The molecule has 1 aliphatic heterocycles. The normalized spacial score (nSPS) is 29.8. The van der Waals surface area contributed by atoms with Crippen molar-refractivity contribution >= 4 is 15.9 Å². The molecule has 1 saturated heterocycles. The number of hydrogen-bond donors (Lipinski definition) is 1. The van der Waals surface area contributed by atoms with E-state index in [1.54, 1.807) is 0 Å². The van der Waals surface area contributed by atoms with Crippen molar-refractivity contribution < 1.29 is 4.74 Å². The maximum Gasteiger partial charge on any atom is 0.0676 e. The molecule has 1 aromatic rings. The monoisotopic (exact) mass is 338 g/mol. The Bertz CT molecular complexity index is 446. The van der Waals surface area contributed by atoms with Crippen molar-refractivity contribution in [1.29, 1.82) is 0 Å². The molecule has 2 unspecified atom stereocenters. The van der Waals surface area contributed by atoms with Crippen molar-refractivity contribution in [3.8, 4) is 0 Å². The van der Waals surface area contributed by atoms with Crippen LogP contribution in [0, 0.1) is 11.3 Å². The highest BCUT2D eigenvalue weighted by molar-refractivity contribution is 9.10. The Morgan fingerprint density at radius 2 is 2.30 bits per heavy atom. The van der Waals surface area contributed by atoms with Gasteiger partial charge in [-0.05, 0) is 66.2 Å². The van der Waals surface area contributed by atoms with Gasteiger partial charge in [0.1, 0.15) is 0 Å². The van der Waals surface area contributed by atoms with E-state index < -0.39 is 0 Å². The fourth-order valence-corrected chi connectivity index (χ4v) is 3.66. The zero-order valence-electron chi connectivity index (χ0n) is 12.1. The summed E-state index contributed by atoms with van der Waals surface area (Å²) in [4.78, 5) is 4.58. The third-order valence-electron chi connectivity index (χ3n) is 4.60. The van der Waals surface area contributed by atoms with Gasteiger partial charge in [0.25, 0.3) is 0 Å². The van der Waals surface area contributed by atoms with E-state index in [-0.39, 0.29) is 5.41 Å². The summed E-state index contributed by atoms with van der Waals surface area (Å²) in [6.45, 7) is 5.14. The molecule has 0 bridgehead atoms. The molecule has 3 nitrogen and oxygen atoms in total. The maximum absolute atomic E-state index is 6.11. The van der Waals surface area contributed by atoms with Gasteiger partial charge in [-0.3, -0.25) is 4.98 Å². The minimum Gasteiger partial charge on any atom is -0.377 e. The summed E-state index contributed by atoms with van der Waals surface area (Å²) in [5.74, 6) is 0.784. The van der Waals surface area contributed by atoms with Gasteiger partial charge in [-0.15, -0.1) is 0 Å². The van der Waals surface area contributed by atoms with Crippen LogP contribution in [0.15, 0.2) is 22.8 Å². The van der Waals surface area contributed by atoms with Crippen LogP contribution in [-0.4, -0.2) is 30.8 Å². The average molecular weight is 339 g/mol. The summed E-state index contributed by atoms with van der Waals surface area (Å²) < 4.78 is 7.15. The second-order valence-electron chi connectivity index (χ2n) is 6.17. The van der Waals surface area contributed by atoms with E-state index >= 15 is 0 Å². The molecule has 2 fully saturated rings. The zero-order valence-corrected chi connectivity index (χ0v) is 13.7. The lowest BCUT2D eigenvalue weighted by Crippen LogP contribution is -2.43. The topological polar surface area (TPSA) is 34.2 Å². The van der Waals surface area contributed by atoms with Gasteiger partial charge in [-0.1, -0.05) is 6.92 Å². The zero-order chi connectivity index (χ0) is 14.0. The summed E-state index contributed by atoms with van der Waals surface area (Å²) in [5, 5.41) is 3.56. The summed E-state index contributed by atoms with van der Waals surface area (Å²) in [5.41, 5.74) is 1.42. The van der Waals surface area contributed by atoms with Crippen LogP contribution in [0.2, 0.25) is 0 Å². The van der Waals surface area contributed by atoms with Gasteiger partial charge in [0, 0.05) is 34.9 Å². The largest absolute Gasteiger partial charge is 0.377 e. The molecule has 0 aromatic carbocycles. The Labute approximate surface area is 129 Å². The van der Waals surface area contributed by atoms with Gasteiger partial charge in [0.15, 0.2) is 0 Å². The van der Waals surface area contributed by atoms with Crippen LogP contribution in [0.4, 0.5) is 0 Å². The van der Waals surface area contributed by atoms with Crippen LogP contribution in [0.1, 0.15) is 31.9 Å². The first-order valence-corrected chi connectivity index (χ1v) is 8.45. The first-order valence-electron chi connectivity index (χ1n) is 7.66. The third-order valence-corrected chi connectivity index (χ3v) is 5.07. The van der Waals surface area contributed by atoms with E-state index in [1.165, 1.54) is 18.5 Å². The molecule has 0 amide bonds. The SMILES string of the molecule is CCNCC1(Cc2ccc(Br)cn2)CCOC1C1CC1. The van der Waals surface area contributed by atoms with Crippen molar-refractivity contribution in [1.82, 2.24) is 10.3 Å². The van der Waals surface area contributed by atoms with Crippen LogP contribution >= 0.6 is 15.9 Å². The number of rotatable bonds is 6. The van der Waals surface area contributed by atoms with Crippen molar-refractivity contribution in [3.63, 3.8) is 0 Å². The fourth-order valence-electron chi connectivity index (χ4n) is 3.43. The molecule has 1 aliphatic carbocycles. The van der Waals surface area contributed by atoms with Crippen LogP contribution in [-0.2, 0) is 11.2 Å². The summed E-state index contributed by atoms with van der Waals surface area (Å²) in [7, 11) is 0. The molecule has 3 rings (SSSR count).